The maximum Gasteiger partial charge on any atom is 0.417 e. The van der Waals surface area contributed by atoms with Gasteiger partial charge < -0.3 is 14.7 Å². The van der Waals surface area contributed by atoms with E-state index in [9.17, 15) is 18.3 Å². The first-order chi connectivity index (χ1) is 8.95. The van der Waals surface area contributed by atoms with Crippen LogP contribution in [-0.2, 0) is 10.9 Å². The number of aliphatic hydroxyl groups is 1. The zero-order valence-corrected chi connectivity index (χ0v) is 10.4. The van der Waals surface area contributed by atoms with Crippen molar-refractivity contribution < 1.29 is 23.0 Å². The van der Waals surface area contributed by atoms with E-state index in [0.29, 0.717) is 18.8 Å². The van der Waals surface area contributed by atoms with Crippen LogP contribution < -0.4 is 4.90 Å². The van der Waals surface area contributed by atoms with E-state index < -0.39 is 11.7 Å². The smallest absolute Gasteiger partial charge is 0.394 e. The third-order valence-electron chi connectivity index (χ3n) is 3.29. The van der Waals surface area contributed by atoms with Crippen molar-refractivity contribution in [2.75, 3.05) is 25.2 Å². The fourth-order valence-electron chi connectivity index (χ4n) is 2.22. The SMILES string of the molecule is CO[C@H]1C[C@@H](CO)N(c2ccc(C(F)(F)F)cn2)C1. The number of methoxy groups -OCH3 is 1. The van der Waals surface area contributed by atoms with Crippen LogP contribution in [0.25, 0.3) is 0 Å². The molecular formula is C12H15F3N2O2. The molecule has 1 fully saturated rings. The van der Waals surface area contributed by atoms with E-state index in [2.05, 4.69) is 4.98 Å². The molecule has 106 valence electrons. The van der Waals surface area contributed by atoms with Crippen molar-refractivity contribution in [1.82, 2.24) is 4.98 Å². The van der Waals surface area contributed by atoms with Crippen molar-refractivity contribution in [2.45, 2.75) is 24.7 Å². The maximum absolute atomic E-state index is 12.4. The van der Waals surface area contributed by atoms with Gasteiger partial charge in [0.1, 0.15) is 5.82 Å². The molecule has 0 radical (unpaired) electrons. The van der Waals surface area contributed by atoms with E-state index in [4.69, 9.17) is 4.74 Å². The molecule has 1 aliphatic rings. The average molecular weight is 276 g/mol. The topological polar surface area (TPSA) is 45.6 Å². The highest BCUT2D eigenvalue weighted by atomic mass is 19.4. The van der Waals surface area contributed by atoms with Gasteiger partial charge in [0.25, 0.3) is 0 Å². The number of halogens is 3. The first-order valence-electron chi connectivity index (χ1n) is 5.89. The molecule has 2 atom stereocenters. The Balaban J connectivity index is 2.17. The second-order valence-corrected chi connectivity index (χ2v) is 4.49. The lowest BCUT2D eigenvalue weighted by Crippen LogP contribution is -2.33. The monoisotopic (exact) mass is 276 g/mol. The van der Waals surface area contributed by atoms with Gasteiger partial charge in [-0.15, -0.1) is 0 Å². The number of aromatic nitrogens is 1. The van der Waals surface area contributed by atoms with Gasteiger partial charge in [0.05, 0.1) is 24.3 Å². The third-order valence-corrected chi connectivity index (χ3v) is 3.29. The van der Waals surface area contributed by atoms with E-state index in [1.54, 1.807) is 12.0 Å². The summed E-state index contributed by atoms with van der Waals surface area (Å²) in [6.07, 6.45) is -2.98. The number of hydrogen-bond donors (Lipinski definition) is 1. The van der Waals surface area contributed by atoms with Crippen LogP contribution >= 0.6 is 0 Å². The van der Waals surface area contributed by atoms with Crippen LogP contribution in [0.4, 0.5) is 19.0 Å². The van der Waals surface area contributed by atoms with Crippen molar-refractivity contribution in [1.29, 1.82) is 0 Å². The fourth-order valence-corrected chi connectivity index (χ4v) is 2.22. The predicted molar refractivity (Wildman–Crippen MR) is 62.9 cm³/mol. The Labute approximate surface area is 108 Å². The second-order valence-electron chi connectivity index (χ2n) is 4.49. The molecule has 1 saturated heterocycles. The summed E-state index contributed by atoms with van der Waals surface area (Å²) >= 11 is 0. The van der Waals surface area contributed by atoms with Gasteiger partial charge in [-0.3, -0.25) is 0 Å². The van der Waals surface area contributed by atoms with E-state index >= 15 is 0 Å². The molecule has 4 nitrogen and oxygen atoms in total. The van der Waals surface area contributed by atoms with Crippen LogP contribution in [0.5, 0.6) is 0 Å². The first-order valence-corrected chi connectivity index (χ1v) is 5.89. The molecule has 1 aliphatic heterocycles. The Morgan fingerprint density at radius 1 is 1.47 bits per heavy atom. The Hall–Kier alpha value is -1.34. The lowest BCUT2D eigenvalue weighted by molar-refractivity contribution is -0.137. The molecule has 0 aromatic carbocycles. The second kappa shape index (κ2) is 5.34. The van der Waals surface area contributed by atoms with E-state index in [0.717, 1.165) is 12.3 Å². The molecule has 0 spiro atoms. The number of pyridine rings is 1. The fraction of sp³-hybridized carbons (Fsp3) is 0.583. The number of alkyl halides is 3. The number of aliphatic hydroxyl groups excluding tert-OH is 1. The molecule has 1 aromatic heterocycles. The third kappa shape index (κ3) is 2.98. The lowest BCUT2D eigenvalue weighted by atomic mass is 10.2. The van der Waals surface area contributed by atoms with Gasteiger partial charge in [-0.1, -0.05) is 0 Å². The van der Waals surface area contributed by atoms with Crippen LogP contribution in [0.3, 0.4) is 0 Å². The highest BCUT2D eigenvalue weighted by molar-refractivity contribution is 5.43. The van der Waals surface area contributed by atoms with Gasteiger partial charge in [0, 0.05) is 19.9 Å². The minimum Gasteiger partial charge on any atom is -0.394 e. The summed E-state index contributed by atoms with van der Waals surface area (Å²) in [6.45, 7) is 0.433. The number of nitrogens with zero attached hydrogens (tertiary/aromatic N) is 2. The normalized spacial score (nSPS) is 23.9. The van der Waals surface area contributed by atoms with Gasteiger partial charge in [-0.2, -0.15) is 13.2 Å². The van der Waals surface area contributed by atoms with Gasteiger partial charge in [-0.25, -0.2) is 4.98 Å². The molecule has 0 amide bonds. The molecule has 0 bridgehead atoms. The Morgan fingerprint density at radius 2 is 2.21 bits per heavy atom. The number of anilines is 1. The molecule has 1 aromatic rings. The molecule has 0 saturated carbocycles. The summed E-state index contributed by atoms with van der Waals surface area (Å²) in [5.74, 6) is 0.423. The maximum atomic E-state index is 12.4. The Kier molecular flexibility index (Phi) is 3.96. The van der Waals surface area contributed by atoms with Gasteiger partial charge >= 0.3 is 6.18 Å². The van der Waals surface area contributed by atoms with Crippen LogP contribution in [-0.4, -0.2) is 42.5 Å². The number of hydrogen-bond acceptors (Lipinski definition) is 4. The summed E-state index contributed by atoms with van der Waals surface area (Å²) in [4.78, 5) is 5.61. The van der Waals surface area contributed by atoms with E-state index in [-0.39, 0.29) is 18.8 Å². The highest BCUT2D eigenvalue weighted by Gasteiger charge is 2.34. The lowest BCUT2D eigenvalue weighted by Gasteiger charge is -2.24. The molecule has 0 unspecified atom stereocenters. The zero-order valence-electron chi connectivity index (χ0n) is 10.4. The molecule has 0 aliphatic carbocycles. The zero-order chi connectivity index (χ0) is 14.0. The van der Waals surface area contributed by atoms with Crippen molar-refractivity contribution in [2.24, 2.45) is 0 Å². The summed E-state index contributed by atoms with van der Waals surface area (Å²) in [5, 5.41) is 9.29. The Bertz CT molecular complexity index is 422. The van der Waals surface area contributed by atoms with Crippen LogP contribution in [0.2, 0.25) is 0 Å². The summed E-state index contributed by atoms with van der Waals surface area (Å²) < 4.78 is 42.5. The van der Waals surface area contributed by atoms with Crippen LogP contribution in [0.15, 0.2) is 18.3 Å². The minimum atomic E-state index is -4.39. The van der Waals surface area contributed by atoms with Crippen molar-refractivity contribution >= 4 is 5.82 Å². The molecular weight excluding hydrogens is 261 g/mol. The highest BCUT2D eigenvalue weighted by Crippen LogP contribution is 2.31. The number of rotatable bonds is 3. The van der Waals surface area contributed by atoms with Crippen molar-refractivity contribution in [3.63, 3.8) is 0 Å². The quantitative estimate of drug-likeness (QED) is 0.912. The van der Waals surface area contributed by atoms with Gasteiger partial charge in [-0.05, 0) is 18.6 Å². The van der Waals surface area contributed by atoms with Crippen molar-refractivity contribution in [3.05, 3.63) is 23.9 Å². The molecule has 2 heterocycles. The molecule has 1 N–H and O–H groups in total. The molecule has 7 heteroatoms. The first kappa shape index (κ1) is 14.1. The summed E-state index contributed by atoms with van der Waals surface area (Å²) in [7, 11) is 1.57. The number of ether oxygens (including phenoxy) is 1. The van der Waals surface area contributed by atoms with Crippen LogP contribution in [0.1, 0.15) is 12.0 Å². The largest absolute Gasteiger partial charge is 0.417 e. The molecule has 2 rings (SSSR count). The summed E-state index contributed by atoms with van der Waals surface area (Å²) in [5.41, 5.74) is -0.778. The van der Waals surface area contributed by atoms with E-state index in [1.807, 2.05) is 0 Å². The minimum absolute atomic E-state index is 0.0405. The van der Waals surface area contributed by atoms with Gasteiger partial charge in [0.2, 0.25) is 0 Å². The Morgan fingerprint density at radius 3 is 2.68 bits per heavy atom. The standard InChI is InChI=1S/C12H15F3N2O2/c1-19-10-4-9(7-18)17(6-10)11-3-2-8(5-16-11)12(13,14)15/h2-3,5,9-10,18H,4,6-7H2,1H3/t9-,10-/m0/s1. The van der Waals surface area contributed by atoms with E-state index in [1.165, 1.54) is 6.07 Å². The van der Waals surface area contributed by atoms with Crippen LogP contribution in [0, 0.1) is 0 Å². The van der Waals surface area contributed by atoms with Gasteiger partial charge in [0.15, 0.2) is 0 Å². The average Bonchev–Trinajstić information content (AvgIpc) is 2.81. The predicted octanol–water partition coefficient (Wildman–Crippen LogP) is 1.69. The summed E-state index contributed by atoms with van der Waals surface area (Å²) in [6, 6.07) is 2.15. The molecule has 19 heavy (non-hydrogen) atoms. The van der Waals surface area contributed by atoms with Crippen molar-refractivity contribution in [3.8, 4) is 0 Å².